The second-order valence-corrected chi connectivity index (χ2v) is 13.1. The van der Waals surface area contributed by atoms with Crippen LogP contribution in [0.15, 0.2) is 73.3 Å². The Kier molecular flexibility index (Phi) is 9.18. The molecule has 0 atom stereocenters. The zero-order chi connectivity index (χ0) is 34.9. The number of carbonyl (C=O) groups excluding carboxylic acids is 1. The maximum Gasteiger partial charge on any atom is 0.407 e. The number of carboxylic acid groups (broad SMARTS) is 1. The third kappa shape index (κ3) is 7.01. The number of rotatable bonds is 8. The molecule has 0 spiro atoms. The Morgan fingerprint density at radius 3 is 2.47 bits per heavy atom. The predicted octanol–water partition coefficient (Wildman–Crippen LogP) is 7.54. The van der Waals surface area contributed by atoms with E-state index in [1.807, 2.05) is 38.7 Å². The number of hydrogen-bond donors (Lipinski definition) is 2. The monoisotopic (exact) mass is 669 g/mol. The van der Waals surface area contributed by atoms with E-state index in [0.29, 0.717) is 48.0 Å². The van der Waals surface area contributed by atoms with Crippen LogP contribution in [0.3, 0.4) is 0 Å². The molecule has 6 rings (SSSR count). The van der Waals surface area contributed by atoms with E-state index < -0.39 is 23.3 Å². The summed E-state index contributed by atoms with van der Waals surface area (Å²) in [5.41, 5.74) is 2.22. The molecule has 49 heavy (non-hydrogen) atoms. The van der Waals surface area contributed by atoms with Crippen molar-refractivity contribution in [3.8, 4) is 22.9 Å². The molecule has 2 aromatic carbocycles. The van der Waals surface area contributed by atoms with Gasteiger partial charge in [-0.05, 0) is 88.4 Å². The fraction of sp³-hybridized carbons (Fsp3) is 0.306. The van der Waals surface area contributed by atoms with Gasteiger partial charge in [0.1, 0.15) is 0 Å². The minimum Gasteiger partial charge on any atom is -0.465 e. The molecule has 1 aliphatic rings. The molecule has 2 amide bonds. The molecule has 5 aromatic rings. The predicted molar refractivity (Wildman–Crippen MR) is 180 cm³/mol. The van der Waals surface area contributed by atoms with Gasteiger partial charge in [0.15, 0.2) is 23.0 Å². The smallest absolute Gasteiger partial charge is 0.407 e. The number of carbonyl (C=O) groups is 2. The number of benzene rings is 2. The Morgan fingerprint density at radius 2 is 1.80 bits per heavy atom. The van der Waals surface area contributed by atoms with Gasteiger partial charge < -0.3 is 25.0 Å². The number of fused-ring (bicyclic) bond motifs is 1. The molecule has 2 N–H and O–H groups in total. The Morgan fingerprint density at radius 1 is 1.02 bits per heavy atom. The average molecular weight is 670 g/mol. The van der Waals surface area contributed by atoms with Gasteiger partial charge in [-0.25, -0.2) is 24.1 Å². The first-order valence-corrected chi connectivity index (χ1v) is 16.0. The van der Waals surface area contributed by atoms with E-state index in [0.717, 1.165) is 18.4 Å². The van der Waals surface area contributed by atoms with Gasteiger partial charge in [0.2, 0.25) is 11.7 Å². The van der Waals surface area contributed by atoms with Crippen molar-refractivity contribution in [2.45, 2.75) is 46.1 Å². The maximum absolute atomic E-state index is 15.3. The van der Waals surface area contributed by atoms with Gasteiger partial charge in [-0.1, -0.05) is 6.07 Å². The Balaban J connectivity index is 1.15. The van der Waals surface area contributed by atoms with Gasteiger partial charge in [-0.2, -0.15) is 4.39 Å². The summed E-state index contributed by atoms with van der Waals surface area (Å²) in [6, 6.07) is 13.1. The minimum absolute atomic E-state index is 0.00771. The molecule has 0 aliphatic carbocycles. The number of amides is 2. The van der Waals surface area contributed by atoms with Gasteiger partial charge in [-0.15, -0.1) is 0 Å². The zero-order valence-electron chi connectivity index (χ0n) is 27.7. The summed E-state index contributed by atoms with van der Waals surface area (Å²) in [5.74, 6) is -1.89. The lowest BCUT2D eigenvalue weighted by atomic mass is 9.93. The van der Waals surface area contributed by atoms with Crippen LogP contribution in [0.5, 0.6) is 11.6 Å². The summed E-state index contributed by atoms with van der Waals surface area (Å²) in [5, 5.41) is 12.9. The van der Waals surface area contributed by atoms with Crippen molar-refractivity contribution in [2.75, 3.05) is 25.0 Å². The zero-order valence-corrected chi connectivity index (χ0v) is 27.7. The lowest BCUT2D eigenvalue weighted by Gasteiger charge is -2.39. The number of hydrogen-bond acceptors (Lipinski definition) is 7. The number of aromatic nitrogens is 4. The molecule has 254 valence electrons. The number of nitrogens with zero attached hydrogens (tertiary/aromatic N) is 6. The molecule has 0 saturated carbocycles. The first-order valence-electron chi connectivity index (χ1n) is 16.0. The van der Waals surface area contributed by atoms with Crippen molar-refractivity contribution < 1.29 is 28.2 Å². The van der Waals surface area contributed by atoms with Gasteiger partial charge in [0.05, 0.1) is 11.9 Å². The SMILES string of the molecule is Cc1cc(Nc2nccn3c(-c4ccc(Oc5ccccn5)c(F)c4F)cnc23)ccc1C(=O)N1CCC(CN(C(=O)O)C(C)(C)C)CC1. The van der Waals surface area contributed by atoms with Crippen LogP contribution in [-0.2, 0) is 0 Å². The quantitative estimate of drug-likeness (QED) is 0.174. The number of imidazole rings is 1. The van der Waals surface area contributed by atoms with Crippen LogP contribution in [0, 0.1) is 24.5 Å². The Hall–Kier alpha value is -5.59. The third-order valence-electron chi connectivity index (χ3n) is 8.71. The highest BCUT2D eigenvalue weighted by Crippen LogP contribution is 2.33. The minimum atomic E-state index is -1.15. The highest BCUT2D eigenvalue weighted by Gasteiger charge is 2.31. The summed E-state index contributed by atoms with van der Waals surface area (Å²) in [4.78, 5) is 41.4. The third-order valence-corrected chi connectivity index (χ3v) is 8.71. The van der Waals surface area contributed by atoms with Crippen LogP contribution in [0.25, 0.3) is 16.9 Å². The number of nitrogens with one attached hydrogen (secondary N) is 1. The van der Waals surface area contributed by atoms with Crippen molar-refractivity contribution >= 4 is 29.2 Å². The molecule has 0 bridgehead atoms. The number of anilines is 2. The largest absolute Gasteiger partial charge is 0.465 e. The number of pyridine rings is 1. The molecular formula is C36H37F2N7O4. The van der Waals surface area contributed by atoms with Gasteiger partial charge in [-0.3, -0.25) is 9.20 Å². The van der Waals surface area contributed by atoms with Crippen LogP contribution in [0.2, 0.25) is 0 Å². The van der Waals surface area contributed by atoms with Gasteiger partial charge in [0, 0.05) is 66.6 Å². The molecule has 1 fully saturated rings. The summed E-state index contributed by atoms with van der Waals surface area (Å²) >= 11 is 0. The maximum atomic E-state index is 15.3. The summed E-state index contributed by atoms with van der Waals surface area (Å²) in [6.07, 6.45) is 6.59. The standard InChI is InChI=1S/C36H37F2N7O4/c1-22-19-24(8-9-25(22)34(46)43-16-12-23(13-17-43)21-45(35(47)48)36(2,3)4)42-32-33-41-20-27(44(33)18-15-40-32)26-10-11-28(31(38)30(26)37)49-29-7-5-6-14-39-29/h5-11,14-15,18-20,23H,12-13,16-17,21H2,1-4H3,(H,40,42)(H,47,48). The molecule has 3 aromatic heterocycles. The van der Waals surface area contributed by atoms with Crippen LogP contribution in [0.4, 0.5) is 25.1 Å². The lowest BCUT2D eigenvalue weighted by Crippen LogP contribution is -2.49. The Labute approximate surface area is 282 Å². The summed E-state index contributed by atoms with van der Waals surface area (Å²) < 4.78 is 37.4. The number of piperidine rings is 1. The molecule has 1 saturated heterocycles. The highest BCUT2D eigenvalue weighted by atomic mass is 19.2. The molecular weight excluding hydrogens is 632 g/mol. The number of ether oxygens (including phenoxy) is 1. The molecule has 11 nitrogen and oxygen atoms in total. The highest BCUT2D eigenvalue weighted by molar-refractivity contribution is 5.96. The molecule has 13 heteroatoms. The lowest BCUT2D eigenvalue weighted by molar-refractivity contribution is 0.0583. The normalized spacial score (nSPS) is 13.8. The summed E-state index contributed by atoms with van der Waals surface area (Å²) in [7, 11) is 0. The van der Waals surface area contributed by atoms with E-state index in [1.165, 1.54) is 35.6 Å². The van der Waals surface area contributed by atoms with E-state index in [1.54, 1.807) is 40.9 Å². The van der Waals surface area contributed by atoms with Crippen LogP contribution in [-0.4, -0.2) is 71.4 Å². The second-order valence-electron chi connectivity index (χ2n) is 13.1. The Bertz CT molecular complexity index is 2000. The molecule has 4 heterocycles. The fourth-order valence-corrected chi connectivity index (χ4v) is 6.04. The van der Waals surface area contributed by atoms with Crippen molar-refractivity contribution in [3.05, 3.63) is 96.1 Å². The topological polar surface area (TPSA) is 125 Å². The van der Waals surface area contributed by atoms with E-state index in [4.69, 9.17) is 4.74 Å². The first-order chi connectivity index (χ1) is 23.4. The van der Waals surface area contributed by atoms with Crippen molar-refractivity contribution in [1.82, 2.24) is 29.2 Å². The average Bonchev–Trinajstić information content (AvgIpc) is 3.51. The van der Waals surface area contributed by atoms with Crippen LogP contribution >= 0.6 is 0 Å². The van der Waals surface area contributed by atoms with E-state index in [2.05, 4.69) is 20.3 Å². The number of aryl methyl sites for hydroxylation is 1. The van der Waals surface area contributed by atoms with E-state index in [-0.39, 0.29) is 29.0 Å². The van der Waals surface area contributed by atoms with Crippen molar-refractivity contribution in [1.29, 1.82) is 0 Å². The second kappa shape index (κ2) is 13.5. The van der Waals surface area contributed by atoms with E-state index >= 15 is 8.78 Å². The first kappa shape index (κ1) is 33.3. The molecule has 0 unspecified atom stereocenters. The van der Waals surface area contributed by atoms with Crippen molar-refractivity contribution in [2.24, 2.45) is 5.92 Å². The van der Waals surface area contributed by atoms with E-state index in [9.17, 15) is 14.7 Å². The molecule has 0 radical (unpaired) electrons. The van der Waals surface area contributed by atoms with Gasteiger partial charge >= 0.3 is 6.09 Å². The van der Waals surface area contributed by atoms with Crippen molar-refractivity contribution in [3.63, 3.8) is 0 Å². The van der Waals surface area contributed by atoms with Gasteiger partial charge in [0.25, 0.3) is 5.91 Å². The molecule has 1 aliphatic heterocycles. The number of halogens is 2. The van der Waals surface area contributed by atoms with Crippen LogP contribution < -0.4 is 10.1 Å². The number of likely N-dealkylation sites (tertiary alicyclic amines) is 1. The van der Waals surface area contributed by atoms with Crippen LogP contribution in [0.1, 0.15) is 49.5 Å². The fourth-order valence-electron chi connectivity index (χ4n) is 6.04. The summed E-state index contributed by atoms with van der Waals surface area (Å²) in [6.45, 7) is 9.06.